The molecule has 0 atom stereocenters. The summed E-state index contributed by atoms with van der Waals surface area (Å²) >= 11 is 0. The van der Waals surface area contributed by atoms with Gasteiger partial charge in [0.15, 0.2) is 18.1 Å². The van der Waals surface area contributed by atoms with Gasteiger partial charge < -0.3 is 20.3 Å². The Bertz CT molecular complexity index is 475. The Labute approximate surface area is 130 Å². The fraction of sp³-hybridized carbons (Fsp3) is 0.500. The maximum Gasteiger partial charge on any atom is 0.303 e. The van der Waals surface area contributed by atoms with Crippen molar-refractivity contribution in [2.45, 2.75) is 38.5 Å². The van der Waals surface area contributed by atoms with E-state index in [1.165, 1.54) is 6.07 Å². The van der Waals surface area contributed by atoms with Gasteiger partial charge in [0, 0.05) is 13.0 Å². The van der Waals surface area contributed by atoms with Crippen molar-refractivity contribution >= 4 is 11.9 Å². The highest BCUT2D eigenvalue weighted by molar-refractivity contribution is 5.77. The van der Waals surface area contributed by atoms with E-state index in [9.17, 15) is 14.7 Å². The zero-order valence-corrected chi connectivity index (χ0v) is 12.6. The summed E-state index contributed by atoms with van der Waals surface area (Å²) < 4.78 is 5.21. The normalized spacial score (nSPS) is 10.2. The zero-order chi connectivity index (χ0) is 16.2. The van der Waals surface area contributed by atoms with Crippen LogP contribution in [0, 0.1) is 0 Å². The number of carboxylic acid groups (broad SMARTS) is 1. The second-order valence-corrected chi connectivity index (χ2v) is 5.02. The highest BCUT2D eigenvalue weighted by atomic mass is 16.5. The minimum atomic E-state index is -0.753. The van der Waals surface area contributed by atoms with Gasteiger partial charge in [-0.05, 0) is 25.0 Å². The molecule has 0 saturated heterocycles. The summed E-state index contributed by atoms with van der Waals surface area (Å²) in [6.45, 7) is 0.443. The molecular formula is C16H23NO5. The summed E-state index contributed by atoms with van der Waals surface area (Å²) in [4.78, 5) is 21.9. The van der Waals surface area contributed by atoms with Crippen LogP contribution in [0.3, 0.4) is 0 Å². The summed E-state index contributed by atoms with van der Waals surface area (Å²) in [6.07, 6.45) is 4.61. The van der Waals surface area contributed by atoms with Gasteiger partial charge in [0.05, 0.1) is 0 Å². The Balaban J connectivity index is 2.00. The maximum absolute atomic E-state index is 11.6. The summed E-state index contributed by atoms with van der Waals surface area (Å²) in [6, 6.07) is 6.49. The number of unbranched alkanes of at least 4 members (excludes halogenated alkanes) is 4. The van der Waals surface area contributed by atoms with Gasteiger partial charge in [-0.2, -0.15) is 0 Å². The fourth-order valence-electron chi connectivity index (χ4n) is 1.93. The molecule has 0 spiro atoms. The molecule has 0 fully saturated rings. The van der Waals surface area contributed by atoms with Crippen LogP contribution in [0.4, 0.5) is 0 Å². The van der Waals surface area contributed by atoms with Crippen LogP contribution in [-0.2, 0) is 9.59 Å². The number of phenols is 1. The number of carboxylic acids is 1. The number of carbonyl (C=O) groups is 2. The monoisotopic (exact) mass is 309 g/mol. The summed E-state index contributed by atoms with van der Waals surface area (Å²) in [5.74, 6) is -0.682. The van der Waals surface area contributed by atoms with E-state index >= 15 is 0 Å². The minimum absolute atomic E-state index is 0.0108. The molecule has 6 heteroatoms. The second-order valence-electron chi connectivity index (χ2n) is 5.02. The van der Waals surface area contributed by atoms with Crippen LogP contribution < -0.4 is 10.1 Å². The zero-order valence-electron chi connectivity index (χ0n) is 12.6. The number of carbonyl (C=O) groups excluding carboxylic acids is 1. The number of ether oxygens (including phenoxy) is 1. The Kier molecular flexibility index (Phi) is 8.49. The van der Waals surface area contributed by atoms with Crippen molar-refractivity contribution in [3.8, 4) is 11.5 Å². The van der Waals surface area contributed by atoms with Crippen molar-refractivity contribution in [3.05, 3.63) is 24.3 Å². The largest absolute Gasteiger partial charge is 0.504 e. The highest BCUT2D eigenvalue weighted by Gasteiger charge is 2.05. The van der Waals surface area contributed by atoms with Gasteiger partial charge in [0.25, 0.3) is 5.91 Å². The SMILES string of the molecule is O=C(O)CCCCCCCNC(=O)COc1ccccc1O. The fourth-order valence-corrected chi connectivity index (χ4v) is 1.93. The Hall–Kier alpha value is -2.24. The van der Waals surface area contributed by atoms with Crippen molar-refractivity contribution in [2.75, 3.05) is 13.2 Å². The van der Waals surface area contributed by atoms with Crippen LogP contribution in [0.15, 0.2) is 24.3 Å². The molecule has 0 aliphatic carbocycles. The molecule has 6 nitrogen and oxygen atoms in total. The third-order valence-electron chi connectivity index (χ3n) is 3.11. The molecule has 1 amide bonds. The molecular weight excluding hydrogens is 286 g/mol. The van der Waals surface area contributed by atoms with Crippen LogP contribution >= 0.6 is 0 Å². The van der Waals surface area contributed by atoms with E-state index in [0.29, 0.717) is 13.0 Å². The van der Waals surface area contributed by atoms with Gasteiger partial charge in [-0.25, -0.2) is 0 Å². The number of benzene rings is 1. The minimum Gasteiger partial charge on any atom is -0.504 e. The lowest BCUT2D eigenvalue weighted by atomic mass is 10.1. The van der Waals surface area contributed by atoms with E-state index in [0.717, 1.165) is 25.7 Å². The molecule has 0 radical (unpaired) electrons. The topological polar surface area (TPSA) is 95.9 Å². The molecule has 1 rings (SSSR count). The lowest BCUT2D eigenvalue weighted by Gasteiger charge is -2.08. The lowest BCUT2D eigenvalue weighted by Crippen LogP contribution is -2.29. The Morgan fingerprint density at radius 3 is 2.45 bits per heavy atom. The van der Waals surface area contributed by atoms with Gasteiger partial charge in [-0.3, -0.25) is 9.59 Å². The first-order chi connectivity index (χ1) is 10.6. The van der Waals surface area contributed by atoms with Crippen molar-refractivity contribution in [2.24, 2.45) is 0 Å². The van der Waals surface area contributed by atoms with E-state index in [2.05, 4.69) is 5.32 Å². The molecule has 0 unspecified atom stereocenters. The predicted molar refractivity (Wildman–Crippen MR) is 81.9 cm³/mol. The number of hydrogen-bond donors (Lipinski definition) is 3. The van der Waals surface area contributed by atoms with E-state index in [1.54, 1.807) is 18.2 Å². The van der Waals surface area contributed by atoms with E-state index in [1.807, 2.05) is 0 Å². The smallest absolute Gasteiger partial charge is 0.303 e. The summed E-state index contributed by atoms with van der Waals surface area (Å²) in [7, 11) is 0. The Morgan fingerprint density at radius 2 is 1.73 bits per heavy atom. The standard InChI is InChI=1S/C16H23NO5/c18-13-8-5-6-9-14(13)22-12-15(19)17-11-7-3-1-2-4-10-16(20)21/h5-6,8-9,18H,1-4,7,10-12H2,(H,17,19)(H,20,21). The first-order valence-corrected chi connectivity index (χ1v) is 7.49. The van der Waals surface area contributed by atoms with Gasteiger partial charge in [0.2, 0.25) is 0 Å². The quantitative estimate of drug-likeness (QED) is 0.545. The summed E-state index contributed by atoms with van der Waals surface area (Å²) in [5, 5.41) is 20.7. The molecule has 1 aromatic carbocycles. The third-order valence-corrected chi connectivity index (χ3v) is 3.11. The van der Waals surface area contributed by atoms with Crippen molar-refractivity contribution in [1.29, 1.82) is 0 Å². The molecule has 0 aliphatic rings. The lowest BCUT2D eigenvalue weighted by molar-refractivity contribution is -0.137. The van der Waals surface area contributed by atoms with E-state index < -0.39 is 5.97 Å². The van der Waals surface area contributed by atoms with Gasteiger partial charge in [0.1, 0.15) is 0 Å². The maximum atomic E-state index is 11.6. The molecule has 0 aliphatic heterocycles. The Morgan fingerprint density at radius 1 is 1.05 bits per heavy atom. The number of rotatable bonds is 11. The highest BCUT2D eigenvalue weighted by Crippen LogP contribution is 2.23. The number of phenolic OH excluding ortho intramolecular Hbond substituents is 1. The third kappa shape index (κ3) is 8.14. The number of aromatic hydroxyl groups is 1. The molecule has 1 aromatic rings. The van der Waals surface area contributed by atoms with E-state index in [-0.39, 0.29) is 30.4 Å². The van der Waals surface area contributed by atoms with Gasteiger partial charge >= 0.3 is 5.97 Å². The molecule has 0 aromatic heterocycles. The number of para-hydroxylation sites is 2. The average molecular weight is 309 g/mol. The van der Waals surface area contributed by atoms with Crippen LogP contribution in [0.25, 0.3) is 0 Å². The van der Waals surface area contributed by atoms with Crippen LogP contribution in [0.5, 0.6) is 11.5 Å². The van der Waals surface area contributed by atoms with Gasteiger partial charge in [-0.15, -0.1) is 0 Å². The number of amides is 1. The molecule has 0 saturated carbocycles. The number of aliphatic carboxylic acids is 1. The predicted octanol–water partition coefficient (Wildman–Crippen LogP) is 2.31. The molecule has 22 heavy (non-hydrogen) atoms. The first-order valence-electron chi connectivity index (χ1n) is 7.49. The molecule has 122 valence electrons. The van der Waals surface area contributed by atoms with Crippen molar-refractivity contribution in [3.63, 3.8) is 0 Å². The van der Waals surface area contributed by atoms with Crippen molar-refractivity contribution < 1.29 is 24.5 Å². The molecule has 0 bridgehead atoms. The average Bonchev–Trinajstić information content (AvgIpc) is 2.49. The van der Waals surface area contributed by atoms with Gasteiger partial charge in [-0.1, -0.05) is 31.4 Å². The molecule has 3 N–H and O–H groups in total. The number of nitrogens with one attached hydrogen (secondary N) is 1. The van der Waals surface area contributed by atoms with Crippen molar-refractivity contribution in [1.82, 2.24) is 5.32 Å². The summed E-state index contributed by atoms with van der Waals surface area (Å²) in [5.41, 5.74) is 0. The van der Waals surface area contributed by atoms with Crippen LogP contribution in [0.1, 0.15) is 38.5 Å². The number of hydrogen-bond acceptors (Lipinski definition) is 4. The van der Waals surface area contributed by atoms with Crippen LogP contribution in [0.2, 0.25) is 0 Å². The first kappa shape index (κ1) is 17.8. The molecule has 0 heterocycles. The van der Waals surface area contributed by atoms with Crippen LogP contribution in [-0.4, -0.2) is 35.2 Å². The second kappa shape index (κ2) is 10.5. The van der Waals surface area contributed by atoms with E-state index in [4.69, 9.17) is 9.84 Å².